The number of ether oxygens (including phenoxy) is 5. The van der Waals surface area contributed by atoms with Gasteiger partial charge in [0.2, 0.25) is 0 Å². The van der Waals surface area contributed by atoms with Crippen molar-refractivity contribution in [1.29, 1.82) is 0 Å². The minimum absolute atomic E-state index is 0.0208. The first-order valence-electron chi connectivity index (χ1n) is 22.0. The van der Waals surface area contributed by atoms with Gasteiger partial charge in [-0.05, 0) is 103 Å². The molecule has 7 rings (SSSR count). The fourth-order valence-corrected chi connectivity index (χ4v) is 14.9. The van der Waals surface area contributed by atoms with E-state index in [1.807, 2.05) is 0 Å². The molecule has 0 amide bonds. The Morgan fingerprint density at radius 1 is 0.633 bits per heavy atom. The molecule has 0 radical (unpaired) electrons. The van der Waals surface area contributed by atoms with Crippen LogP contribution >= 0.6 is 0 Å². The Balaban J connectivity index is 1.14. The van der Waals surface area contributed by atoms with Crippen molar-refractivity contribution in [2.45, 2.75) is 172 Å². The van der Waals surface area contributed by atoms with E-state index in [1.54, 1.807) is 0 Å². The smallest absolute Gasteiger partial charge is 0.314 e. The molecule has 0 bridgehead atoms. The molecule has 5 saturated carbocycles. The van der Waals surface area contributed by atoms with Gasteiger partial charge in [-0.3, -0.25) is 4.79 Å². The van der Waals surface area contributed by atoms with Crippen LogP contribution in [0.1, 0.15) is 92.4 Å². The number of fused-ring (bicyclic) bond motifs is 7. The number of methoxy groups -OCH3 is 1. The summed E-state index contributed by atoms with van der Waals surface area (Å²) in [4.78, 5) is 13.7. The van der Waals surface area contributed by atoms with Crippen LogP contribution in [0.4, 0.5) is 0 Å². The predicted octanol–water partition coefficient (Wildman–Crippen LogP) is -1.06. The molecule has 2 aliphatic heterocycles. The van der Waals surface area contributed by atoms with Crippen LogP contribution in [0.3, 0.4) is 0 Å². The summed E-state index contributed by atoms with van der Waals surface area (Å²) in [5.41, 5.74) is -3.88. The summed E-state index contributed by atoms with van der Waals surface area (Å²) in [5.74, 6) is -0.721. The molecule has 0 aromatic carbocycles. The molecular weight excluding hydrogens is 788 g/mol. The highest BCUT2D eigenvalue weighted by molar-refractivity contribution is 5.78. The molecule has 11 N–H and O–H groups in total. The summed E-state index contributed by atoms with van der Waals surface area (Å²) in [5, 5.41) is 121. The molecule has 7 fully saturated rings. The first-order chi connectivity index (χ1) is 28.1. The third-order valence-corrected chi connectivity index (χ3v) is 18.2. The third-order valence-electron chi connectivity index (χ3n) is 18.2. The number of esters is 1. The van der Waals surface area contributed by atoms with Crippen molar-refractivity contribution in [3.8, 4) is 0 Å². The molecule has 17 nitrogen and oxygen atoms in total. The molecule has 346 valence electrons. The van der Waals surface area contributed by atoms with Crippen molar-refractivity contribution in [3.63, 3.8) is 0 Å². The Bertz CT molecular complexity index is 1540. The maximum absolute atomic E-state index is 13.7. The van der Waals surface area contributed by atoms with E-state index in [1.165, 1.54) is 7.11 Å². The van der Waals surface area contributed by atoms with Gasteiger partial charge < -0.3 is 79.9 Å². The fourth-order valence-electron chi connectivity index (χ4n) is 14.9. The average molecular weight is 861 g/mol. The quantitative estimate of drug-likeness (QED) is 0.0973. The molecule has 5 aliphatic carbocycles. The van der Waals surface area contributed by atoms with Crippen LogP contribution < -0.4 is 0 Å². The molecular formula is C43H72O17. The van der Waals surface area contributed by atoms with E-state index in [0.29, 0.717) is 25.7 Å². The van der Waals surface area contributed by atoms with Gasteiger partial charge in [-0.15, -0.1) is 0 Å². The number of aliphatic hydroxyl groups excluding tert-OH is 11. The molecule has 0 aromatic heterocycles. The number of carbonyl (C=O) groups is 1. The first kappa shape index (κ1) is 46.9. The van der Waals surface area contributed by atoms with E-state index >= 15 is 0 Å². The van der Waals surface area contributed by atoms with Gasteiger partial charge in [0.25, 0.3) is 0 Å². The van der Waals surface area contributed by atoms with Crippen LogP contribution in [0, 0.1) is 56.2 Å². The van der Waals surface area contributed by atoms with Gasteiger partial charge in [-0.1, -0.05) is 34.6 Å². The number of carbonyl (C=O) groups excluding carboxylic acids is 1. The Labute approximate surface area is 351 Å². The topological polar surface area (TPSA) is 286 Å². The van der Waals surface area contributed by atoms with Crippen molar-refractivity contribution in [2.75, 3.05) is 33.5 Å². The summed E-state index contributed by atoms with van der Waals surface area (Å²) < 4.78 is 28.9. The van der Waals surface area contributed by atoms with Crippen LogP contribution in [-0.2, 0) is 28.5 Å². The van der Waals surface area contributed by atoms with Crippen LogP contribution in [0.15, 0.2) is 0 Å². The Hall–Kier alpha value is -1.13. The lowest BCUT2D eigenvalue weighted by Crippen LogP contribution is -2.73. The van der Waals surface area contributed by atoms with Gasteiger partial charge in [0, 0.05) is 5.41 Å². The zero-order valence-corrected chi connectivity index (χ0v) is 35.9. The van der Waals surface area contributed by atoms with Crippen LogP contribution in [0.5, 0.6) is 0 Å². The summed E-state index contributed by atoms with van der Waals surface area (Å²) in [7, 11) is 1.40. The van der Waals surface area contributed by atoms with Crippen molar-refractivity contribution >= 4 is 5.97 Å². The second-order valence-electron chi connectivity index (χ2n) is 21.3. The Morgan fingerprint density at radius 3 is 1.87 bits per heavy atom. The second-order valence-corrected chi connectivity index (χ2v) is 21.3. The summed E-state index contributed by atoms with van der Waals surface area (Å²) in [6, 6.07) is 0. The van der Waals surface area contributed by atoms with Crippen molar-refractivity contribution in [1.82, 2.24) is 0 Å². The average Bonchev–Trinajstić information content (AvgIpc) is 3.20. The Morgan fingerprint density at radius 2 is 1.25 bits per heavy atom. The van der Waals surface area contributed by atoms with Crippen LogP contribution in [-0.4, -0.2) is 175 Å². The highest BCUT2D eigenvalue weighted by Crippen LogP contribution is 2.77. The predicted molar refractivity (Wildman–Crippen MR) is 208 cm³/mol. The van der Waals surface area contributed by atoms with Crippen molar-refractivity contribution in [2.24, 2.45) is 56.2 Å². The minimum Gasteiger partial charge on any atom is -0.469 e. The Kier molecular flexibility index (Phi) is 12.8. The number of hydrogen-bond acceptors (Lipinski definition) is 17. The van der Waals surface area contributed by atoms with Crippen molar-refractivity contribution in [3.05, 3.63) is 0 Å². The van der Waals surface area contributed by atoms with Crippen molar-refractivity contribution < 1.29 is 84.7 Å². The highest BCUT2D eigenvalue weighted by Gasteiger charge is 2.75. The maximum Gasteiger partial charge on any atom is 0.314 e. The van der Waals surface area contributed by atoms with Crippen LogP contribution in [0.25, 0.3) is 0 Å². The normalized spacial score (nSPS) is 53.5. The largest absolute Gasteiger partial charge is 0.469 e. The molecule has 21 atom stereocenters. The third kappa shape index (κ3) is 6.69. The van der Waals surface area contributed by atoms with Gasteiger partial charge >= 0.3 is 5.97 Å². The second kappa shape index (κ2) is 16.4. The zero-order chi connectivity index (χ0) is 44.1. The number of hydrogen-bond donors (Lipinski definition) is 11. The zero-order valence-electron chi connectivity index (χ0n) is 35.9. The summed E-state index contributed by atoms with van der Waals surface area (Å²) in [6.07, 6.45) is -14.8. The fraction of sp³-hybridized carbons (Fsp3) is 0.977. The van der Waals surface area contributed by atoms with Gasteiger partial charge in [0.1, 0.15) is 48.8 Å². The van der Waals surface area contributed by atoms with E-state index in [4.69, 9.17) is 23.7 Å². The standard InChI is InChI=1S/C43H72O17/c1-38(2)11-12-43(37(55)56-6)21(13-38)20-7-8-25-39(3)14-22(48)34(42(18-46,19-47)26(39)9-10-40(25,4)41(20,5)15-27(43)49)60-36-32(54)30(52)33(24(17-45)58-36)59-35-31(53)29(51)28(50)23(16-44)57-35/h20-36,44-54H,7-19H2,1-6H3. The lowest BCUT2D eigenvalue weighted by atomic mass is 9.31. The molecule has 17 heteroatoms. The molecule has 21 unspecified atom stereocenters. The maximum atomic E-state index is 13.7. The minimum atomic E-state index is -1.89. The summed E-state index contributed by atoms with van der Waals surface area (Å²) >= 11 is 0. The molecule has 0 aromatic rings. The van der Waals surface area contributed by atoms with Gasteiger partial charge in [-0.25, -0.2) is 0 Å². The van der Waals surface area contributed by atoms with E-state index in [9.17, 15) is 61.0 Å². The molecule has 2 saturated heterocycles. The molecule has 60 heavy (non-hydrogen) atoms. The van der Waals surface area contributed by atoms with E-state index in [-0.39, 0.29) is 41.0 Å². The number of aliphatic hydroxyl groups is 11. The first-order valence-corrected chi connectivity index (χ1v) is 22.0. The lowest BCUT2D eigenvalue weighted by Gasteiger charge is -2.74. The molecule has 2 heterocycles. The SMILES string of the molecule is COC(=O)C12CCC(C)(C)CC1C1CCC3C4(C)CC(O)C(OC5OC(CO)C(OC6OC(CO)C(O)C(O)C6O)C(O)C5O)C(CO)(CO)C4CCC3(C)C1(C)CC2O. The molecule has 0 spiro atoms. The van der Waals surface area contributed by atoms with E-state index < -0.39 is 134 Å². The highest BCUT2D eigenvalue weighted by atomic mass is 16.7. The summed E-state index contributed by atoms with van der Waals surface area (Å²) in [6.45, 7) is 8.42. The van der Waals surface area contributed by atoms with Gasteiger partial charge in [-0.2, -0.15) is 0 Å². The van der Waals surface area contributed by atoms with E-state index in [0.717, 1.165) is 25.7 Å². The lowest BCUT2D eigenvalue weighted by molar-refractivity contribution is -0.377. The molecule has 7 aliphatic rings. The van der Waals surface area contributed by atoms with Crippen LogP contribution in [0.2, 0.25) is 0 Å². The number of rotatable bonds is 9. The van der Waals surface area contributed by atoms with E-state index in [2.05, 4.69) is 34.6 Å². The van der Waals surface area contributed by atoms with Gasteiger partial charge in [0.05, 0.1) is 57.3 Å². The van der Waals surface area contributed by atoms with Gasteiger partial charge in [0.15, 0.2) is 12.6 Å². The monoisotopic (exact) mass is 860 g/mol.